The lowest BCUT2D eigenvalue weighted by atomic mass is 9.87. The Labute approximate surface area is 150 Å². The van der Waals surface area contributed by atoms with Crippen molar-refractivity contribution < 1.29 is 19.5 Å². The van der Waals surface area contributed by atoms with Crippen molar-refractivity contribution in [3.8, 4) is 0 Å². The first-order valence-corrected chi connectivity index (χ1v) is 8.72. The van der Waals surface area contributed by atoms with Crippen molar-refractivity contribution in [2.75, 3.05) is 0 Å². The minimum absolute atomic E-state index is 0.0386. The highest BCUT2D eigenvalue weighted by molar-refractivity contribution is 9.10. The monoisotopic (exact) mass is 398 g/mol. The Bertz CT molecular complexity index is 592. The molecule has 0 heterocycles. The molecule has 0 unspecified atom stereocenters. The van der Waals surface area contributed by atoms with E-state index < -0.39 is 23.7 Å². The molecule has 132 valence electrons. The topological polar surface area (TPSA) is 95.5 Å². The number of unbranched alkanes of at least 4 members (excludes halogenated alkanes) is 1. The van der Waals surface area contributed by atoms with E-state index in [0.717, 1.165) is 12.8 Å². The van der Waals surface area contributed by atoms with E-state index >= 15 is 0 Å². The highest BCUT2D eigenvalue weighted by Crippen LogP contribution is 2.22. The normalized spacial score (nSPS) is 13.0. The van der Waals surface area contributed by atoms with E-state index in [1.165, 1.54) is 0 Å². The first-order chi connectivity index (χ1) is 11.4. The van der Waals surface area contributed by atoms with Crippen molar-refractivity contribution in [2.24, 2.45) is 11.8 Å². The average Bonchev–Trinajstić information content (AvgIpc) is 2.53. The van der Waals surface area contributed by atoms with E-state index in [-0.39, 0.29) is 12.3 Å². The molecule has 0 aliphatic rings. The smallest absolute Gasteiger partial charge is 0.306 e. The van der Waals surface area contributed by atoms with Gasteiger partial charge in [-0.1, -0.05) is 38.8 Å². The summed E-state index contributed by atoms with van der Waals surface area (Å²) >= 11 is 3.26. The highest BCUT2D eigenvalue weighted by Gasteiger charge is 2.26. The molecule has 0 spiro atoms. The maximum Gasteiger partial charge on any atom is 0.306 e. The third-order valence-corrected chi connectivity index (χ3v) is 4.51. The maximum atomic E-state index is 12.0. The lowest BCUT2D eigenvalue weighted by molar-refractivity contribution is -0.144. The number of aliphatic carboxylic acids is 1. The SMILES string of the molecule is CCCC[C@@H](C(=O)O)[C@@H](C)CC(=O)NNC(=O)c1ccccc1Br. The average molecular weight is 399 g/mol. The van der Waals surface area contributed by atoms with Crippen molar-refractivity contribution in [1.29, 1.82) is 0 Å². The Kier molecular flexibility index (Phi) is 8.46. The molecule has 24 heavy (non-hydrogen) atoms. The van der Waals surface area contributed by atoms with Crippen LogP contribution in [0.4, 0.5) is 0 Å². The van der Waals surface area contributed by atoms with Gasteiger partial charge in [0.2, 0.25) is 5.91 Å². The number of hydrazine groups is 1. The molecule has 1 rings (SSSR count). The molecule has 0 saturated heterocycles. The zero-order valence-corrected chi connectivity index (χ0v) is 15.4. The number of amides is 2. The number of carbonyl (C=O) groups is 3. The number of carboxylic acid groups (broad SMARTS) is 1. The Morgan fingerprint density at radius 2 is 1.88 bits per heavy atom. The van der Waals surface area contributed by atoms with Crippen LogP contribution in [0.5, 0.6) is 0 Å². The molecule has 7 heteroatoms. The molecule has 2 atom stereocenters. The third-order valence-electron chi connectivity index (χ3n) is 3.81. The van der Waals surface area contributed by atoms with Crippen LogP contribution in [0.3, 0.4) is 0 Å². The summed E-state index contributed by atoms with van der Waals surface area (Å²) in [7, 11) is 0. The van der Waals surface area contributed by atoms with E-state index in [1.54, 1.807) is 31.2 Å². The zero-order valence-electron chi connectivity index (χ0n) is 13.8. The van der Waals surface area contributed by atoms with E-state index in [2.05, 4.69) is 26.8 Å². The van der Waals surface area contributed by atoms with Crippen LogP contribution in [-0.4, -0.2) is 22.9 Å². The van der Waals surface area contributed by atoms with Crippen LogP contribution in [0, 0.1) is 11.8 Å². The van der Waals surface area contributed by atoms with Gasteiger partial charge in [-0.3, -0.25) is 25.2 Å². The minimum Gasteiger partial charge on any atom is -0.481 e. The Balaban J connectivity index is 2.51. The summed E-state index contributed by atoms with van der Waals surface area (Å²) in [6.07, 6.45) is 2.30. The molecular weight excluding hydrogens is 376 g/mol. The number of halogens is 1. The Morgan fingerprint density at radius 1 is 1.21 bits per heavy atom. The van der Waals surface area contributed by atoms with Crippen molar-refractivity contribution in [1.82, 2.24) is 10.9 Å². The summed E-state index contributed by atoms with van der Waals surface area (Å²) in [5.74, 6) is -2.61. The number of hydrogen-bond donors (Lipinski definition) is 3. The van der Waals surface area contributed by atoms with Crippen LogP contribution in [0.15, 0.2) is 28.7 Å². The van der Waals surface area contributed by atoms with E-state index in [0.29, 0.717) is 16.5 Å². The molecule has 0 saturated carbocycles. The number of hydrogen-bond acceptors (Lipinski definition) is 3. The second-order valence-corrected chi connectivity index (χ2v) is 6.60. The number of nitrogens with one attached hydrogen (secondary N) is 2. The van der Waals surface area contributed by atoms with Gasteiger partial charge in [0.05, 0.1) is 11.5 Å². The summed E-state index contributed by atoms with van der Waals surface area (Å²) in [5.41, 5.74) is 5.08. The number of carbonyl (C=O) groups excluding carboxylic acids is 2. The van der Waals surface area contributed by atoms with Gasteiger partial charge in [-0.15, -0.1) is 0 Å². The van der Waals surface area contributed by atoms with Gasteiger partial charge < -0.3 is 5.11 Å². The fraction of sp³-hybridized carbons (Fsp3) is 0.471. The molecule has 0 aliphatic heterocycles. The van der Waals surface area contributed by atoms with Gasteiger partial charge in [-0.2, -0.15) is 0 Å². The Morgan fingerprint density at radius 3 is 2.46 bits per heavy atom. The van der Waals surface area contributed by atoms with Crippen LogP contribution < -0.4 is 10.9 Å². The molecule has 6 nitrogen and oxygen atoms in total. The van der Waals surface area contributed by atoms with Crippen molar-refractivity contribution in [3.63, 3.8) is 0 Å². The molecule has 1 aromatic carbocycles. The molecular formula is C17H23BrN2O4. The third kappa shape index (κ3) is 6.31. The molecule has 1 aromatic rings. The van der Waals surface area contributed by atoms with Gasteiger partial charge in [0.25, 0.3) is 5.91 Å². The summed E-state index contributed by atoms with van der Waals surface area (Å²) < 4.78 is 0.621. The Hall–Kier alpha value is -1.89. The predicted molar refractivity (Wildman–Crippen MR) is 94.2 cm³/mol. The second-order valence-electron chi connectivity index (χ2n) is 5.75. The molecule has 0 fully saturated rings. The molecule has 0 radical (unpaired) electrons. The fourth-order valence-electron chi connectivity index (χ4n) is 2.40. The first-order valence-electron chi connectivity index (χ1n) is 7.93. The van der Waals surface area contributed by atoms with Crippen LogP contribution in [-0.2, 0) is 9.59 Å². The van der Waals surface area contributed by atoms with Crippen molar-refractivity contribution in [2.45, 2.75) is 39.5 Å². The van der Waals surface area contributed by atoms with Crippen molar-refractivity contribution >= 4 is 33.7 Å². The predicted octanol–water partition coefficient (Wildman–Crippen LogP) is 3.13. The summed E-state index contributed by atoms with van der Waals surface area (Å²) in [6.45, 7) is 3.73. The summed E-state index contributed by atoms with van der Waals surface area (Å²) in [6, 6.07) is 6.85. The second kappa shape index (κ2) is 10.1. The standard InChI is InChI=1S/C17H23BrN2O4/c1-3-4-7-12(17(23)24)11(2)10-15(21)19-20-16(22)13-8-5-6-9-14(13)18/h5-6,8-9,11-12H,3-4,7,10H2,1-2H3,(H,19,21)(H,20,22)(H,23,24)/t11-,12+/m0/s1. The lowest BCUT2D eigenvalue weighted by Crippen LogP contribution is -2.42. The van der Waals surface area contributed by atoms with Gasteiger partial charge in [0, 0.05) is 10.9 Å². The number of rotatable bonds is 8. The van der Waals surface area contributed by atoms with Crippen LogP contribution >= 0.6 is 15.9 Å². The van der Waals surface area contributed by atoms with Gasteiger partial charge in [-0.05, 0) is 40.4 Å². The quantitative estimate of drug-likeness (QED) is 0.586. The molecule has 3 N–H and O–H groups in total. The minimum atomic E-state index is -0.888. The summed E-state index contributed by atoms with van der Waals surface area (Å²) in [5, 5.41) is 9.27. The molecule has 0 aliphatic carbocycles. The zero-order chi connectivity index (χ0) is 18.1. The van der Waals surface area contributed by atoms with Gasteiger partial charge in [0.15, 0.2) is 0 Å². The lowest BCUT2D eigenvalue weighted by Gasteiger charge is -2.19. The molecule has 2 amide bonds. The molecule has 0 bridgehead atoms. The highest BCUT2D eigenvalue weighted by atomic mass is 79.9. The van der Waals surface area contributed by atoms with Crippen LogP contribution in [0.1, 0.15) is 49.9 Å². The van der Waals surface area contributed by atoms with Gasteiger partial charge >= 0.3 is 5.97 Å². The van der Waals surface area contributed by atoms with Crippen molar-refractivity contribution in [3.05, 3.63) is 34.3 Å². The van der Waals surface area contributed by atoms with E-state index in [4.69, 9.17) is 0 Å². The number of benzene rings is 1. The van der Waals surface area contributed by atoms with Gasteiger partial charge in [0.1, 0.15) is 0 Å². The van der Waals surface area contributed by atoms with Gasteiger partial charge in [-0.25, -0.2) is 0 Å². The number of carboxylic acids is 1. The van der Waals surface area contributed by atoms with Crippen LogP contribution in [0.25, 0.3) is 0 Å². The summed E-state index contributed by atoms with van der Waals surface area (Å²) in [4.78, 5) is 35.2. The first kappa shape index (κ1) is 20.2. The maximum absolute atomic E-state index is 12.0. The largest absolute Gasteiger partial charge is 0.481 e. The fourth-order valence-corrected chi connectivity index (χ4v) is 2.87. The van der Waals surface area contributed by atoms with E-state index in [9.17, 15) is 19.5 Å². The van der Waals surface area contributed by atoms with E-state index in [1.807, 2.05) is 6.92 Å². The van der Waals surface area contributed by atoms with Crippen LogP contribution in [0.2, 0.25) is 0 Å². The molecule has 0 aromatic heterocycles.